The largest absolute Gasteiger partial charge is 0.481 e. The number of thiazole rings is 1. The molecule has 0 aromatic carbocycles. The zero-order chi connectivity index (χ0) is 14.4. The van der Waals surface area contributed by atoms with E-state index in [1.807, 2.05) is 0 Å². The molecule has 0 fully saturated rings. The number of carbonyl (C=O) groups is 3. The highest BCUT2D eigenvalue weighted by Crippen LogP contribution is 2.14. The minimum atomic E-state index is -1.47. The van der Waals surface area contributed by atoms with Crippen LogP contribution in [0.2, 0.25) is 0 Å². The smallest absolute Gasteiger partial charge is 0.326 e. The van der Waals surface area contributed by atoms with Crippen LogP contribution in [0.5, 0.6) is 0 Å². The van der Waals surface area contributed by atoms with Crippen LogP contribution in [0.3, 0.4) is 0 Å². The molecule has 8 nitrogen and oxygen atoms in total. The number of carbonyl (C=O) groups excluding carboxylic acids is 1. The maximum absolute atomic E-state index is 11.5. The molecule has 1 heterocycles. The fourth-order valence-electron chi connectivity index (χ4n) is 1.28. The zero-order valence-corrected chi connectivity index (χ0v) is 10.8. The second kappa shape index (κ2) is 6.69. The average molecular weight is 287 g/mol. The van der Waals surface area contributed by atoms with E-state index in [-0.39, 0.29) is 6.04 Å². The van der Waals surface area contributed by atoms with Gasteiger partial charge in [0.15, 0.2) is 0 Å². The zero-order valence-electron chi connectivity index (χ0n) is 9.99. The van der Waals surface area contributed by atoms with E-state index >= 15 is 0 Å². The minimum absolute atomic E-state index is 0.390. The maximum atomic E-state index is 11.5. The third-order valence-electron chi connectivity index (χ3n) is 2.15. The van der Waals surface area contributed by atoms with Crippen LogP contribution in [-0.2, 0) is 9.59 Å². The molecule has 0 aliphatic heterocycles. The second-order valence-corrected chi connectivity index (χ2v) is 4.62. The van der Waals surface area contributed by atoms with Crippen molar-refractivity contribution in [1.29, 1.82) is 0 Å². The molecule has 0 spiro atoms. The van der Waals surface area contributed by atoms with Gasteiger partial charge in [0.05, 0.1) is 12.5 Å². The van der Waals surface area contributed by atoms with Gasteiger partial charge in [-0.15, -0.1) is 11.3 Å². The van der Waals surface area contributed by atoms with Crippen molar-refractivity contribution in [3.8, 4) is 0 Å². The van der Waals surface area contributed by atoms with Crippen molar-refractivity contribution in [3.05, 3.63) is 16.6 Å². The van der Waals surface area contributed by atoms with Gasteiger partial charge in [-0.25, -0.2) is 14.6 Å². The maximum Gasteiger partial charge on any atom is 0.326 e. The summed E-state index contributed by atoms with van der Waals surface area (Å²) in [6.07, 6.45) is 0.898. The van der Waals surface area contributed by atoms with Crippen LogP contribution in [0.25, 0.3) is 0 Å². The number of carboxylic acid groups (broad SMARTS) is 2. The molecule has 19 heavy (non-hydrogen) atoms. The van der Waals surface area contributed by atoms with E-state index in [1.165, 1.54) is 11.3 Å². The Morgan fingerprint density at radius 2 is 2.05 bits per heavy atom. The van der Waals surface area contributed by atoms with Crippen LogP contribution in [0.15, 0.2) is 11.6 Å². The lowest BCUT2D eigenvalue weighted by Crippen LogP contribution is -2.47. The Morgan fingerprint density at radius 1 is 1.37 bits per heavy atom. The van der Waals surface area contributed by atoms with Gasteiger partial charge in [0.2, 0.25) is 0 Å². The van der Waals surface area contributed by atoms with E-state index in [9.17, 15) is 14.4 Å². The van der Waals surface area contributed by atoms with Gasteiger partial charge in [-0.05, 0) is 6.92 Å². The predicted octanol–water partition coefficient (Wildman–Crippen LogP) is 0.431. The monoisotopic (exact) mass is 287 g/mol. The summed E-state index contributed by atoms with van der Waals surface area (Å²) in [7, 11) is 0. The number of amides is 2. The standard InChI is InChI=1S/C10H13N3O5S/c1-5(8-11-2-3-19-8)12-10(18)13-6(9(16)17)4-7(14)15/h2-3,5-6H,4H2,1H3,(H,14,15)(H,16,17)(H2,12,13,18). The van der Waals surface area contributed by atoms with Crippen molar-refractivity contribution < 1.29 is 24.6 Å². The number of hydrogen-bond donors (Lipinski definition) is 4. The molecule has 2 amide bonds. The van der Waals surface area contributed by atoms with Crippen LogP contribution in [0.4, 0.5) is 4.79 Å². The minimum Gasteiger partial charge on any atom is -0.481 e. The van der Waals surface area contributed by atoms with Crippen molar-refractivity contribution in [2.24, 2.45) is 0 Å². The molecule has 2 unspecified atom stereocenters. The first-order valence-electron chi connectivity index (χ1n) is 5.31. The van der Waals surface area contributed by atoms with Gasteiger partial charge in [0, 0.05) is 11.6 Å². The highest BCUT2D eigenvalue weighted by molar-refractivity contribution is 7.09. The second-order valence-electron chi connectivity index (χ2n) is 3.70. The number of nitrogens with one attached hydrogen (secondary N) is 2. The van der Waals surface area contributed by atoms with Gasteiger partial charge in [-0.1, -0.05) is 0 Å². The SMILES string of the molecule is CC(NC(=O)NC(CC(=O)O)C(=O)O)c1nccs1. The van der Waals surface area contributed by atoms with E-state index in [1.54, 1.807) is 18.5 Å². The Bertz CT molecular complexity index is 462. The first-order chi connectivity index (χ1) is 8.90. The highest BCUT2D eigenvalue weighted by atomic mass is 32.1. The fourth-order valence-corrected chi connectivity index (χ4v) is 1.93. The van der Waals surface area contributed by atoms with Crippen LogP contribution >= 0.6 is 11.3 Å². The summed E-state index contributed by atoms with van der Waals surface area (Å²) in [6, 6.07) is -2.61. The lowest BCUT2D eigenvalue weighted by atomic mass is 10.2. The number of carboxylic acids is 2. The van der Waals surface area contributed by atoms with Gasteiger partial charge < -0.3 is 20.8 Å². The van der Waals surface area contributed by atoms with E-state index in [2.05, 4.69) is 15.6 Å². The van der Waals surface area contributed by atoms with Gasteiger partial charge in [0.25, 0.3) is 0 Å². The van der Waals surface area contributed by atoms with Gasteiger partial charge >= 0.3 is 18.0 Å². The topological polar surface area (TPSA) is 129 Å². The summed E-state index contributed by atoms with van der Waals surface area (Å²) in [4.78, 5) is 36.8. The molecule has 0 saturated heterocycles. The van der Waals surface area contributed by atoms with Crippen molar-refractivity contribution in [3.63, 3.8) is 0 Å². The van der Waals surface area contributed by atoms with E-state index in [4.69, 9.17) is 10.2 Å². The van der Waals surface area contributed by atoms with E-state index in [0.29, 0.717) is 5.01 Å². The molecule has 9 heteroatoms. The van der Waals surface area contributed by atoms with Gasteiger partial charge in [0.1, 0.15) is 11.0 Å². The average Bonchev–Trinajstić information content (AvgIpc) is 2.80. The molecule has 0 aliphatic rings. The molecule has 104 valence electrons. The molecule has 1 aromatic rings. The summed E-state index contributed by atoms with van der Waals surface area (Å²) >= 11 is 1.34. The molecule has 2 atom stereocenters. The van der Waals surface area contributed by atoms with Crippen molar-refractivity contribution in [1.82, 2.24) is 15.6 Å². The van der Waals surface area contributed by atoms with Gasteiger partial charge in [-0.2, -0.15) is 0 Å². The van der Waals surface area contributed by atoms with Crippen molar-refractivity contribution in [2.75, 3.05) is 0 Å². The Hall–Kier alpha value is -2.16. The first-order valence-corrected chi connectivity index (χ1v) is 6.19. The number of aliphatic carboxylic acids is 2. The van der Waals surface area contributed by atoms with Crippen LogP contribution < -0.4 is 10.6 Å². The van der Waals surface area contributed by atoms with Gasteiger partial charge in [-0.3, -0.25) is 4.79 Å². The lowest BCUT2D eigenvalue weighted by molar-refractivity contribution is -0.145. The number of urea groups is 1. The Morgan fingerprint density at radius 3 is 2.53 bits per heavy atom. The van der Waals surface area contributed by atoms with E-state index < -0.39 is 30.4 Å². The Labute approximate surface area is 112 Å². The van der Waals surface area contributed by atoms with Crippen molar-refractivity contribution >= 4 is 29.3 Å². The number of aromatic nitrogens is 1. The summed E-state index contributed by atoms with van der Waals surface area (Å²) in [5.41, 5.74) is 0. The van der Waals surface area contributed by atoms with E-state index in [0.717, 1.165) is 0 Å². The summed E-state index contributed by atoms with van der Waals surface area (Å²) in [5, 5.41) is 24.3. The summed E-state index contributed by atoms with van der Waals surface area (Å²) in [5.74, 6) is -2.71. The number of hydrogen-bond acceptors (Lipinski definition) is 5. The third-order valence-corrected chi connectivity index (χ3v) is 3.11. The molecular formula is C10H13N3O5S. The summed E-state index contributed by atoms with van der Waals surface area (Å²) in [6.45, 7) is 1.69. The molecule has 0 aliphatic carbocycles. The first kappa shape index (κ1) is 14.9. The summed E-state index contributed by atoms with van der Waals surface area (Å²) < 4.78 is 0. The van der Waals surface area contributed by atoms with Crippen LogP contribution in [0.1, 0.15) is 24.4 Å². The molecule has 4 N–H and O–H groups in total. The van der Waals surface area contributed by atoms with Crippen LogP contribution in [0, 0.1) is 0 Å². The highest BCUT2D eigenvalue weighted by Gasteiger charge is 2.23. The number of rotatable bonds is 6. The quantitative estimate of drug-likeness (QED) is 0.600. The van der Waals surface area contributed by atoms with Crippen molar-refractivity contribution in [2.45, 2.75) is 25.4 Å². The Balaban J connectivity index is 2.53. The molecule has 0 bridgehead atoms. The normalized spacial score (nSPS) is 13.3. The third kappa shape index (κ3) is 4.92. The molecule has 1 aromatic heterocycles. The molecule has 0 saturated carbocycles. The number of nitrogens with zero attached hydrogens (tertiary/aromatic N) is 1. The molecular weight excluding hydrogens is 274 g/mol. The molecule has 1 rings (SSSR count). The van der Waals surface area contributed by atoms with Crippen LogP contribution in [-0.4, -0.2) is 39.2 Å². The fraction of sp³-hybridized carbons (Fsp3) is 0.400. The predicted molar refractivity (Wildman–Crippen MR) is 65.9 cm³/mol. The Kier molecular flexibility index (Phi) is 5.24. The lowest BCUT2D eigenvalue weighted by Gasteiger charge is -2.16. The molecule has 0 radical (unpaired) electrons.